The second kappa shape index (κ2) is 6.31. The molecule has 0 fully saturated rings. The normalized spacial score (nSPS) is 16.4. The average Bonchev–Trinajstić information content (AvgIpc) is 2.53. The number of rotatable bonds is 1. The molecule has 3 rings (SSSR count). The van der Waals surface area contributed by atoms with E-state index < -0.39 is 5.97 Å². The van der Waals surface area contributed by atoms with Crippen molar-refractivity contribution in [3.8, 4) is 0 Å². The van der Waals surface area contributed by atoms with Gasteiger partial charge in [0.1, 0.15) is 0 Å². The fourth-order valence-corrected chi connectivity index (χ4v) is 2.61. The Morgan fingerprint density at radius 1 is 1.00 bits per heavy atom. The van der Waals surface area contributed by atoms with E-state index in [1.54, 1.807) is 12.1 Å². The monoisotopic (exact) mass is 284 g/mol. The summed E-state index contributed by atoms with van der Waals surface area (Å²) in [6.45, 7) is 2.96. The molecule has 21 heavy (non-hydrogen) atoms. The Hall–Kier alpha value is -2.49. The van der Waals surface area contributed by atoms with Gasteiger partial charge in [0.25, 0.3) is 0 Å². The first kappa shape index (κ1) is 14.9. The SMILES string of the molecule is C=CC(=O)O.O=C1C2=C(CCCC2)C(=O)c2ccccc21. The van der Waals surface area contributed by atoms with Crippen LogP contribution < -0.4 is 0 Å². The van der Waals surface area contributed by atoms with Gasteiger partial charge in [-0.2, -0.15) is 0 Å². The zero-order valence-corrected chi connectivity index (χ0v) is 11.6. The van der Waals surface area contributed by atoms with Crippen LogP contribution in [0.3, 0.4) is 0 Å². The molecule has 0 radical (unpaired) electrons. The molecule has 0 atom stereocenters. The number of hydrogen-bond acceptors (Lipinski definition) is 3. The van der Waals surface area contributed by atoms with Gasteiger partial charge >= 0.3 is 5.97 Å². The molecular formula is C17H16O4. The molecule has 2 aliphatic rings. The highest BCUT2D eigenvalue weighted by atomic mass is 16.4. The summed E-state index contributed by atoms with van der Waals surface area (Å²) in [7, 11) is 0. The smallest absolute Gasteiger partial charge is 0.327 e. The highest BCUT2D eigenvalue weighted by Crippen LogP contribution is 2.34. The first-order chi connectivity index (χ1) is 10.1. The zero-order valence-electron chi connectivity index (χ0n) is 11.6. The van der Waals surface area contributed by atoms with Gasteiger partial charge in [-0.15, -0.1) is 0 Å². The molecule has 4 heteroatoms. The summed E-state index contributed by atoms with van der Waals surface area (Å²) in [5, 5.41) is 7.60. The highest BCUT2D eigenvalue weighted by Gasteiger charge is 2.32. The van der Waals surface area contributed by atoms with Gasteiger partial charge in [-0.1, -0.05) is 30.8 Å². The van der Waals surface area contributed by atoms with Crippen molar-refractivity contribution in [3.63, 3.8) is 0 Å². The van der Waals surface area contributed by atoms with Gasteiger partial charge in [0.2, 0.25) is 0 Å². The largest absolute Gasteiger partial charge is 0.478 e. The van der Waals surface area contributed by atoms with Crippen LogP contribution in [-0.4, -0.2) is 22.6 Å². The molecule has 2 aliphatic carbocycles. The number of aliphatic carboxylic acids is 1. The Balaban J connectivity index is 0.000000282. The van der Waals surface area contributed by atoms with Crippen LogP contribution in [0.2, 0.25) is 0 Å². The molecule has 0 aromatic heterocycles. The minimum absolute atomic E-state index is 0.0740. The van der Waals surface area contributed by atoms with Crippen molar-refractivity contribution in [1.29, 1.82) is 0 Å². The van der Waals surface area contributed by atoms with E-state index in [1.165, 1.54) is 0 Å². The van der Waals surface area contributed by atoms with E-state index in [9.17, 15) is 14.4 Å². The maximum atomic E-state index is 12.2. The summed E-state index contributed by atoms with van der Waals surface area (Å²) in [6, 6.07) is 7.15. The van der Waals surface area contributed by atoms with Crippen LogP contribution in [-0.2, 0) is 4.79 Å². The molecule has 1 aromatic carbocycles. The summed E-state index contributed by atoms with van der Waals surface area (Å²) in [6.07, 6.45) is 4.43. The van der Waals surface area contributed by atoms with E-state index in [0.29, 0.717) is 11.1 Å². The number of allylic oxidation sites excluding steroid dienone is 2. The molecule has 0 aliphatic heterocycles. The van der Waals surface area contributed by atoms with E-state index in [0.717, 1.165) is 42.9 Å². The van der Waals surface area contributed by atoms with Gasteiger partial charge in [0.15, 0.2) is 11.6 Å². The van der Waals surface area contributed by atoms with Gasteiger partial charge in [-0.3, -0.25) is 9.59 Å². The Labute approximate surface area is 122 Å². The van der Waals surface area contributed by atoms with E-state index in [1.807, 2.05) is 12.1 Å². The third kappa shape index (κ3) is 2.99. The Kier molecular flexibility index (Phi) is 4.48. The van der Waals surface area contributed by atoms with Crippen LogP contribution in [0.1, 0.15) is 46.4 Å². The summed E-state index contributed by atoms with van der Waals surface area (Å²) in [5.74, 6) is -0.834. The lowest BCUT2D eigenvalue weighted by atomic mass is 9.77. The summed E-state index contributed by atoms with van der Waals surface area (Å²) in [4.78, 5) is 33.6. The highest BCUT2D eigenvalue weighted by molar-refractivity contribution is 6.27. The van der Waals surface area contributed by atoms with Crippen molar-refractivity contribution in [2.45, 2.75) is 25.7 Å². The van der Waals surface area contributed by atoms with Crippen LogP contribution in [0.4, 0.5) is 0 Å². The molecule has 1 N–H and O–H groups in total. The van der Waals surface area contributed by atoms with Gasteiger partial charge in [0, 0.05) is 28.3 Å². The van der Waals surface area contributed by atoms with Gasteiger partial charge < -0.3 is 5.11 Å². The van der Waals surface area contributed by atoms with Crippen LogP contribution >= 0.6 is 0 Å². The Morgan fingerprint density at radius 2 is 1.38 bits per heavy atom. The van der Waals surface area contributed by atoms with E-state index in [-0.39, 0.29) is 11.6 Å². The van der Waals surface area contributed by atoms with Crippen molar-refractivity contribution >= 4 is 17.5 Å². The van der Waals surface area contributed by atoms with Gasteiger partial charge in [0.05, 0.1) is 0 Å². The molecule has 0 bridgehead atoms. The van der Waals surface area contributed by atoms with E-state index in [2.05, 4.69) is 6.58 Å². The van der Waals surface area contributed by atoms with Crippen molar-refractivity contribution in [2.75, 3.05) is 0 Å². The number of hydrogen-bond donors (Lipinski definition) is 1. The summed E-state index contributed by atoms with van der Waals surface area (Å²) in [5.41, 5.74) is 2.73. The van der Waals surface area contributed by atoms with Crippen molar-refractivity contribution < 1.29 is 19.5 Å². The molecule has 0 unspecified atom stereocenters. The maximum absolute atomic E-state index is 12.2. The second-order valence-electron chi connectivity index (χ2n) is 4.91. The quantitative estimate of drug-likeness (QED) is 0.804. The minimum Gasteiger partial charge on any atom is -0.478 e. The lowest BCUT2D eigenvalue weighted by molar-refractivity contribution is -0.131. The standard InChI is InChI=1S/C14H12O2.C3H4O2/c15-13-9-5-1-2-6-10(9)14(16)12-8-4-3-7-11(12)13;1-2-3(4)5/h1-2,5-6H,3-4,7-8H2;2H,1H2,(H,4,5). The van der Waals surface area contributed by atoms with Crippen LogP contribution in [0, 0.1) is 0 Å². The lowest BCUT2D eigenvalue weighted by Gasteiger charge is -2.24. The molecule has 0 heterocycles. The first-order valence-electron chi connectivity index (χ1n) is 6.82. The van der Waals surface area contributed by atoms with Gasteiger partial charge in [-0.05, 0) is 25.7 Å². The van der Waals surface area contributed by atoms with Crippen LogP contribution in [0.15, 0.2) is 48.1 Å². The number of fused-ring (bicyclic) bond motifs is 1. The number of carboxylic acids is 1. The topological polar surface area (TPSA) is 71.4 Å². The van der Waals surface area contributed by atoms with Crippen molar-refractivity contribution in [1.82, 2.24) is 0 Å². The third-order valence-electron chi connectivity index (χ3n) is 3.61. The molecule has 0 amide bonds. The zero-order chi connectivity index (χ0) is 15.4. The molecule has 4 nitrogen and oxygen atoms in total. The molecule has 0 saturated heterocycles. The number of carbonyl (C=O) groups excluding carboxylic acids is 2. The Bertz CT molecular complexity index is 606. The Morgan fingerprint density at radius 3 is 1.71 bits per heavy atom. The fourth-order valence-electron chi connectivity index (χ4n) is 2.61. The second-order valence-corrected chi connectivity index (χ2v) is 4.91. The van der Waals surface area contributed by atoms with Crippen LogP contribution in [0.25, 0.3) is 0 Å². The molecule has 1 aromatic rings. The maximum Gasteiger partial charge on any atom is 0.327 e. The molecule has 0 spiro atoms. The van der Waals surface area contributed by atoms with Crippen molar-refractivity contribution in [3.05, 3.63) is 59.2 Å². The van der Waals surface area contributed by atoms with E-state index >= 15 is 0 Å². The average molecular weight is 284 g/mol. The third-order valence-corrected chi connectivity index (χ3v) is 3.61. The summed E-state index contributed by atoms with van der Waals surface area (Å²) < 4.78 is 0. The fraction of sp³-hybridized carbons (Fsp3) is 0.235. The molecular weight excluding hydrogens is 268 g/mol. The molecule has 0 saturated carbocycles. The summed E-state index contributed by atoms with van der Waals surface area (Å²) >= 11 is 0. The van der Waals surface area contributed by atoms with Gasteiger partial charge in [-0.25, -0.2) is 4.79 Å². The number of benzene rings is 1. The molecule has 108 valence electrons. The minimum atomic E-state index is -0.981. The predicted molar refractivity (Wildman–Crippen MR) is 78.4 cm³/mol. The number of Topliss-reactive ketones (excluding diaryl/α,β-unsaturated/α-hetero) is 2. The van der Waals surface area contributed by atoms with E-state index in [4.69, 9.17) is 5.11 Å². The lowest BCUT2D eigenvalue weighted by Crippen LogP contribution is -2.24. The number of carbonyl (C=O) groups is 3. The number of ketones is 2. The van der Waals surface area contributed by atoms with Crippen molar-refractivity contribution in [2.24, 2.45) is 0 Å². The first-order valence-corrected chi connectivity index (χ1v) is 6.82. The predicted octanol–water partition coefficient (Wildman–Crippen LogP) is 3.19. The number of carboxylic acid groups (broad SMARTS) is 1. The van der Waals surface area contributed by atoms with Crippen LogP contribution in [0.5, 0.6) is 0 Å².